The molecule has 1 aliphatic carbocycles. The number of anilines is 1. The fraction of sp³-hybridized carbons (Fsp3) is 0.421. The Morgan fingerprint density at radius 3 is 2.65 bits per heavy atom. The lowest BCUT2D eigenvalue weighted by molar-refractivity contribution is -0.120. The number of nitrogens with one attached hydrogen (secondary N) is 1. The summed E-state index contributed by atoms with van der Waals surface area (Å²) in [4.78, 5) is 14.3. The van der Waals surface area contributed by atoms with Crippen molar-refractivity contribution in [3.8, 4) is 0 Å². The molecule has 1 saturated carbocycles. The number of rotatable bonds is 6. The normalized spacial score (nSPS) is 17.2. The van der Waals surface area contributed by atoms with Crippen molar-refractivity contribution in [3.63, 3.8) is 0 Å². The van der Waals surface area contributed by atoms with Gasteiger partial charge in [-0.05, 0) is 55.6 Å². The van der Waals surface area contributed by atoms with Gasteiger partial charge in [-0.3, -0.25) is 9.69 Å². The lowest BCUT2D eigenvalue weighted by atomic mass is 10.1. The van der Waals surface area contributed by atoms with E-state index >= 15 is 0 Å². The zero-order chi connectivity index (χ0) is 16.4. The van der Waals surface area contributed by atoms with Crippen LogP contribution in [0.1, 0.15) is 19.8 Å². The summed E-state index contributed by atoms with van der Waals surface area (Å²) in [5, 5.41) is 15.3. The van der Waals surface area contributed by atoms with Crippen molar-refractivity contribution < 1.29 is 9.90 Å². The summed E-state index contributed by atoms with van der Waals surface area (Å²) in [6.45, 7) is 2.41. The van der Waals surface area contributed by atoms with Gasteiger partial charge in [0.2, 0.25) is 5.91 Å². The van der Waals surface area contributed by atoms with E-state index in [4.69, 9.17) is 0 Å². The monoisotopic (exact) mass is 312 g/mol. The van der Waals surface area contributed by atoms with Gasteiger partial charge < -0.3 is 10.4 Å². The van der Waals surface area contributed by atoms with Crippen LogP contribution in [0.25, 0.3) is 10.8 Å². The summed E-state index contributed by atoms with van der Waals surface area (Å²) in [6.07, 6.45) is 1.88. The number of benzene rings is 2. The maximum absolute atomic E-state index is 12.4. The maximum Gasteiger partial charge on any atom is 0.241 e. The van der Waals surface area contributed by atoms with Crippen LogP contribution in [0, 0.1) is 5.92 Å². The van der Waals surface area contributed by atoms with Crippen LogP contribution in [0.3, 0.4) is 0 Å². The summed E-state index contributed by atoms with van der Waals surface area (Å²) >= 11 is 0. The number of amides is 1. The number of carbonyl (C=O) groups is 1. The topological polar surface area (TPSA) is 52.6 Å². The molecule has 0 heterocycles. The van der Waals surface area contributed by atoms with Crippen molar-refractivity contribution in [2.75, 3.05) is 18.9 Å². The van der Waals surface area contributed by atoms with E-state index in [2.05, 4.69) is 11.4 Å². The Kier molecular flexibility index (Phi) is 4.64. The van der Waals surface area contributed by atoms with Crippen LogP contribution in [0.15, 0.2) is 42.5 Å². The van der Waals surface area contributed by atoms with Crippen LogP contribution < -0.4 is 5.32 Å². The molecule has 1 fully saturated rings. The van der Waals surface area contributed by atoms with Crippen molar-refractivity contribution in [1.29, 1.82) is 0 Å². The molecule has 1 amide bonds. The van der Waals surface area contributed by atoms with Gasteiger partial charge in [0.05, 0.1) is 12.1 Å². The smallest absolute Gasteiger partial charge is 0.241 e. The van der Waals surface area contributed by atoms with Crippen LogP contribution in [0.5, 0.6) is 0 Å². The van der Waals surface area contributed by atoms with Crippen molar-refractivity contribution in [2.45, 2.75) is 31.9 Å². The second kappa shape index (κ2) is 6.69. The van der Waals surface area contributed by atoms with Crippen LogP contribution in [-0.2, 0) is 4.79 Å². The fourth-order valence-electron chi connectivity index (χ4n) is 2.80. The average Bonchev–Trinajstić information content (AvgIpc) is 3.38. The molecule has 122 valence electrons. The Morgan fingerprint density at radius 2 is 1.96 bits per heavy atom. The SMILES string of the molecule is CC(C(=O)Nc1ccc2ccccc2c1)N(C)CC(O)C1CC1. The van der Waals surface area contributed by atoms with Gasteiger partial charge in [0, 0.05) is 12.2 Å². The van der Waals surface area contributed by atoms with E-state index in [-0.39, 0.29) is 18.1 Å². The second-order valence-corrected chi connectivity index (χ2v) is 6.57. The average molecular weight is 312 g/mol. The number of carbonyl (C=O) groups excluding carboxylic acids is 1. The van der Waals surface area contributed by atoms with E-state index in [1.165, 1.54) is 0 Å². The number of likely N-dealkylation sites (N-methyl/N-ethyl adjacent to an activating group) is 1. The van der Waals surface area contributed by atoms with Crippen molar-refractivity contribution in [2.24, 2.45) is 5.92 Å². The van der Waals surface area contributed by atoms with E-state index in [9.17, 15) is 9.90 Å². The lowest BCUT2D eigenvalue weighted by Crippen LogP contribution is -2.43. The second-order valence-electron chi connectivity index (χ2n) is 6.57. The predicted octanol–water partition coefficient (Wildman–Crippen LogP) is 2.87. The molecule has 4 nitrogen and oxygen atoms in total. The summed E-state index contributed by atoms with van der Waals surface area (Å²) in [6, 6.07) is 13.7. The van der Waals surface area contributed by atoms with Crippen LogP contribution in [0.4, 0.5) is 5.69 Å². The van der Waals surface area contributed by atoms with E-state index < -0.39 is 0 Å². The molecule has 0 spiro atoms. The number of aliphatic hydroxyl groups is 1. The first-order valence-electron chi connectivity index (χ1n) is 8.22. The van der Waals surface area contributed by atoms with Crippen LogP contribution in [-0.4, -0.2) is 41.7 Å². The Balaban J connectivity index is 1.62. The Morgan fingerprint density at radius 1 is 1.26 bits per heavy atom. The molecule has 0 aromatic heterocycles. The molecular formula is C19H24N2O2. The zero-order valence-electron chi connectivity index (χ0n) is 13.7. The first-order valence-corrected chi connectivity index (χ1v) is 8.22. The maximum atomic E-state index is 12.4. The molecule has 23 heavy (non-hydrogen) atoms. The van der Waals surface area contributed by atoms with E-state index in [0.717, 1.165) is 29.3 Å². The van der Waals surface area contributed by atoms with Crippen LogP contribution in [0.2, 0.25) is 0 Å². The highest BCUT2D eigenvalue weighted by atomic mass is 16.3. The minimum atomic E-state index is -0.323. The number of hydrogen-bond donors (Lipinski definition) is 2. The summed E-state index contributed by atoms with van der Waals surface area (Å²) in [5.41, 5.74) is 0.802. The van der Waals surface area contributed by atoms with Gasteiger partial charge in [0.15, 0.2) is 0 Å². The van der Waals surface area contributed by atoms with E-state index in [1.54, 1.807) is 0 Å². The molecule has 1 aliphatic rings. The molecule has 2 aromatic rings. The Labute approximate surface area is 137 Å². The fourth-order valence-corrected chi connectivity index (χ4v) is 2.80. The number of fused-ring (bicyclic) bond motifs is 1. The third kappa shape index (κ3) is 3.89. The lowest BCUT2D eigenvalue weighted by Gasteiger charge is -2.26. The molecule has 0 aliphatic heterocycles. The van der Waals surface area contributed by atoms with Crippen LogP contribution >= 0.6 is 0 Å². The molecule has 3 rings (SSSR count). The van der Waals surface area contributed by atoms with Gasteiger partial charge in [-0.1, -0.05) is 30.3 Å². The quantitative estimate of drug-likeness (QED) is 0.862. The third-order valence-corrected chi connectivity index (χ3v) is 4.70. The molecule has 0 radical (unpaired) electrons. The minimum Gasteiger partial charge on any atom is -0.392 e. The number of hydrogen-bond acceptors (Lipinski definition) is 3. The number of aliphatic hydroxyl groups excluding tert-OH is 1. The molecule has 2 aromatic carbocycles. The van der Waals surface area contributed by atoms with Crippen molar-refractivity contribution >= 4 is 22.4 Å². The molecule has 2 N–H and O–H groups in total. The van der Waals surface area contributed by atoms with Gasteiger partial charge in [-0.15, -0.1) is 0 Å². The molecule has 2 unspecified atom stereocenters. The highest BCUT2D eigenvalue weighted by Crippen LogP contribution is 2.32. The van der Waals surface area contributed by atoms with Gasteiger partial charge in [-0.2, -0.15) is 0 Å². The van der Waals surface area contributed by atoms with Gasteiger partial charge in [0.1, 0.15) is 0 Å². The minimum absolute atomic E-state index is 0.0502. The molecular weight excluding hydrogens is 288 g/mol. The first kappa shape index (κ1) is 16.0. The highest BCUT2D eigenvalue weighted by Gasteiger charge is 2.31. The number of nitrogens with zero attached hydrogens (tertiary/aromatic N) is 1. The first-order chi connectivity index (χ1) is 11.0. The van der Waals surface area contributed by atoms with E-state index in [0.29, 0.717) is 12.5 Å². The summed E-state index contributed by atoms with van der Waals surface area (Å²) in [7, 11) is 1.89. The molecule has 4 heteroatoms. The molecule has 0 saturated heterocycles. The molecule has 2 atom stereocenters. The zero-order valence-corrected chi connectivity index (χ0v) is 13.7. The predicted molar refractivity (Wildman–Crippen MR) is 93.4 cm³/mol. The Hall–Kier alpha value is -1.91. The third-order valence-electron chi connectivity index (χ3n) is 4.70. The largest absolute Gasteiger partial charge is 0.392 e. The standard InChI is InChI=1S/C19H24N2O2/c1-13(21(2)12-18(22)15-7-8-15)19(23)20-17-10-9-14-5-3-4-6-16(14)11-17/h3-6,9-11,13,15,18,22H,7-8,12H2,1-2H3,(H,20,23). The van der Waals surface area contributed by atoms with Gasteiger partial charge >= 0.3 is 0 Å². The van der Waals surface area contributed by atoms with E-state index in [1.807, 2.05) is 55.3 Å². The Bertz CT molecular complexity index is 697. The summed E-state index contributed by atoms with van der Waals surface area (Å²) in [5.74, 6) is 0.374. The van der Waals surface area contributed by atoms with Gasteiger partial charge in [-0.25, -0.2) is 0 Å². The molecule has 0 bridgehead atoms. The van der Waals surface area contributed by atoms with Crippen molar-refractivity contribution in [1.82, 2.24) is 4.90 Å². The van der Waals surface area contributed by atoms with Gasteiger partial charge in [0.25, 0.3) is 0 Å². The van der Waals surface area contributed by atoms with Crippen molar-refractivity contribution in [3.05, 3.63) is 42.5 Å². The highest BCUT2D eigenvalue weighted by molar-refractivity contribution is 5.97. The summed E-state index contributed by atoms with van der Waals surface area (Å²) < 4.78 is 0.